The molecule has 7 heteroatoms. The zero-order chi connectivity index (χ0) is 19.1. The van der Waals surface area contributed by atoms with Gasteiger partial charge in [-0.15, -0.1) is 5.10 Å². The summed E-state index contributed by atoms with van der Waals surface area (Å²) in [5, 5.41) is 11.5. The second kappa shape index (κ2) is 8.93. The number of benzene rings is 2. The van der Waals surface area contributed by atoms with Gasteiger partial charge in [0, 0.05) is 25.2 Å². The Morgan fingerprint density at radius 3 is 2.67 bits per heavy atom. The highest BCUT2D eigenvalue weighted by Crippen LogP contribution is 2.17. The number of carbonyl (C=O) groups is 1. The van der Waals surface area contributed by atoms with Crippen LogP contribution in [0.5, 0.6) is 5.75 Å². The first-order valence-corrected chi connectivity index (χ1v) is 9.02. The molecule has 3 aromatic rings. The number of hydrogen-bond donors (Lipinski definition) is 0. The van der Waals surface area contributed by atoms with Gasteiger partial charge in [-0.2, -0.15) is 0 Å². The van der Waals surface area contributed by atoms with Gasteiger partial charge in [0.25, 0.3) is 5.91 Å². The van der Waals surface area contributed by atoms with Crippen LogP contribution in [0.2, 0.25) is 0 Å². The number of ether oxygens (including phenoxy) is 1. The second-order valence-corrected chi connectivity index (χ2v) is 6.03. The third kappa shape index (κ3) is 4.69. The molecule has 0 fully saturated rings. The van der Waals surface area contributed by atoms with Crippen LogP contribution in [0.1, 0.15) is 35.6 Å². The highest BCUT2D eigenvalue weighted by molar-refractivity contribution is 5.94. The lowest BCUT2D eigenvalue weighted by molar-refractivity contribution is 0.0752. The number of aromatic nitrogens is 4. The molecule has 27 heavy (non-hydrogen) atoms. The van der Waals surface area contributed by atoms with E-state index >= 15 is 0 Å². The van der Waals surface area contributed by atoms with E-state index in [-0.39, 0.29) is 12.5 Å². The molecule has 140 valence electrons. The molecule has 7 nitrogen and oxygen atoms in total. The van der Waals surface area contributed by atoms with E-state index in [1.165, 1.54) is 0 Å². The van der Waals surface area contributed by atoms with Crippen LogP contribution in [0.15, 0.2) is 54.6 Å². The Labute approximate surface area is 158 Å². The highest BCUT2D eigenvalue weighted by atomic mass is 16.5. The molecule has 1 aromatic heterocycles. The fraction of sp³-hybridized carbons (Fsp3) is 0.300. The van der Waals surface area contributed by atoms with E-state index in [1.807, 2.05) is 61.2 Å². The molecule has 0 radical (unpaired) electrons. The van der Waals surface area contributed by atoms with E-state index in [2.05, 4.69) is 15.5 Å². The molecule has 1 heterocycles. The van der Waals surface area contributed by atoms with Gasteiger partial charge in [-0.3, -0.25) is 4.79 Å². The van der Waals surface area contributed by atoms with E-state index in [9.17, 15) is 4.79 Å². The monoisotopic (exact) mass is 365 g/mol. The maximum Gasteiger partial charge on any atom is 0.254 e. The Morgan fingerprint density at radius 2 is 1.93 bits per heavy atom. The van der Waals surface area contributed by atoms with E-state index in [0.29, 0.717) is 36.8 Å². The smallest absolute Gasteiger partial charge is 0.254 e. The Bertz CT molecular complexity index is 879. The molecule has 3 rings (SSSR count). The van der Waals surface area contributed by atoms with Crippen molar-refractivity contribution in [3.8, 4) is 5.75 Å². The summed E-state index contributed by atoms with van der Waals surface area (Å²) >= 11 is 0. The summed E-state index contributed by atoms with van der Waals surface area (Å²) in [6.45, 7) is 6.07. The minimum absolute atomic E-state index is 0.0230. The second-order valence-electron chi connectivity index (χ2n) is 6.03. The van der Waals surface area contributed by atoms with Crippen LogP contribution >= 0.6 is 0 Å². The molecule has 0 aliphatic carbocycles. The van der Waals surface area contributed by atoms with E-state index < -0.39 is 0 Å². The number of tetrazole rings is 1. The summed E-state index contributed by atoms with van der Waals surface area (Å²) in [4.78, 5) is 14.7. The van der Waals surface area contributed by atoms with E-state index in [0.717, 1.165) is 5.56 Å². The number of aryl methyl sites for hydroxylation is 1. The zero-order valence-electron chi connectivity index (χ0n) is 15.6. The van der Waals surface area contributed by atoms with Crippen molar-refractivity contribution in [3.63, 3.8) is 0 Å². The Hall–Kier alpha value is -3.22. The maximum absolute atomic E-state index is 12.9. The number of rotatable bonds is 8. The van der Waals surface area contributed by atoms with Crippen molar-refractivity contribution in [1.82, 2.24) is 25.1 Å². The zero-order valence-corrected chi connectivity index (χ0v) is 15.6. The predicted octanol–water partition coefficient (Wildman–Crippen LogP) is 2.93. The molecule has 0 spiro atoms. The molecule has 0 unspecified atom stereocenters. The fourth-order valence-corrected chi connectivity index (χ4v) is 2.75. The van der Waals surface area contributed by atoms with Crippen molar-refractivity contribution in [1.29, 1.82) is 0 Å². The third-order valence-electron chi connectivity index (χ3n) is 4.24. The molecule has 1 amide bonds. The lowest BCUT2D eigenvalue weighted by Gasteiger charge is -2.21. The van der Waals surface area contributed by atoms with Gasteiger partial charge < -0.3 is 9.64 Å². The molecule has 0 N–H and O–H groups in total. The normalized spacial score (nSPS) is 10.6. The van der Waals surface area contributed by atoms with Gasteiger partial charge in [0.2, 0.25) is 0 Å². The number of nitrogens with zero attached hydrogens (tertiary/aromatic N) is 5. The minimum atomic E-state index is -0.0230. The number of hydrogen-bond acceptors (Lipinski definition) is 5. The van der Waals surface area contributed by atoms with Crippen LogP contribution in [0.4, 0.5) is 0 Å². The average molecular weight is 365 g/mol. The minimum Gasteiger partial charge on any atom is -0.486 e. The molecule has 0 saturated carbocycles. The van der Waals surface area contributed by atoms with E-state index in [1.54, 1.807) is 16.8 Å². The standard InChI is InChI=1S/C20H23N5O2/c1-3-24(14-16-9-6-5-7-10-16)20(26)17-11-8-12-18(13-17)27-15-19-21-22-23-25(19)4-2/h5-13H,3-4,14-15H2,1-2H3. The average Bonchev–Trinajstić information content (AvgIpc) is 3.18. The van der Waals surface area contributed by atoms with Crippen LogP contribution in [0.25, 0.3) is 0 Å². The molecule has 0 bridgehead atoms. The van der Waals surface area contributed by atoms with Gasteiger partial charge in [0.05, 0.1) is 0 Å². The summed E-state index contributed by atoms with van der Waals surface area (Å²) < 4.78 is 7.46. The van der Waals surface area contributed by atoms with Crippen LogP contribution in [-0.4, -0.2) is 37.6 Å². The lowest BCUT2D eigenvalue weighted by atomic mass is 10.1. The van der Waals surface area contributed by atoms with E-state index in [4.69, 9.17) is 4.74 Å². The van der Waals surface area contributed by atoms with Crippen molar-refractivity contribution in [2.75, 3.05) is 6.54 Å². The first-order chi connectivity index (χ1) is 13.2. The van der Waals surface area contributed by atoms with Gasteiger partial charge in [0.1, 0.15) is 12.4 Å². The largest absolute Gasteiger partial charge is 0.486 e. The maximum atomic E-state index is 12.9. The summed E-state index contributed by atoms with van der Waals surface area (Å²) in [7, 11) is 0. The van der Waals surface area contributed by atoms with Gasteiger partial charge in [-0.05, 0) is 48.0 Å². The summed E-state index contributed by atoms with van der Waals surface area (Å²) in [6, 6.07) is 17.2. The first kappa shape index (κ1) is 18.6. The van der Waals surface area contributed by atoms with Gasteiger partial charge in [-0.1, -0.05) is 36.4 Å². The third-order valence-corrected chi connectivity index (χ3v) is 4.24. The molecular weight excluding hydrogens is 342 g/mol. The summed E-state index contributed by atoms with van der Waals surface area (Å²) in [6.07, 6.45) is 0. The van der Waals surface area contributed by atoms with Crippen molar-refractivity contribution >= 4 is 5.91 Å². The number of carbonyl (C=O) groups excluding carboxylic acids is 1. The Balaban J connectivity index is 1.68. The molecule has 0 atom stereocenters. The predicted molar refractivity (Wildman–Crippen MR) is 101 cm³/mol. The van der Waals surface area contributed by atoms with Gasteiger partial charge in [-0.25, -0.2) is 4.68 Å². The molecule has 0 aliphatic heterocycles. The van der Waals surface area contributed by atoms with Crippen LogP contribution < -0.4 is 4.74 Å². The lowest BCUT2D eigenvalue weighted by Crippen LogP contribution is -2.30. The molecule has 0 aliphatic rings. The Kier molecular flexibility index (Phi) is 6.14. The summed E-state index contributed by atoms with van der Waals surface area (Å²) in [5.41, 5.74) is 1.70. The molecular formula is C20H23N5O2. The molecule has 2 aromatic carbocycles. The van der Waals surface area contributed by atoms with Crippen LogP contribution in [0, 0.1) is 0 Å². The van der Waals surface area contributed by atoms with Gasteiger partial charge >= 0.3 is 0 Å². The van der Waals surface area contributed by atoms with Crippen LogP contribution in [-0.2, 0) is 19.7 Å². The summed E-state index contributed by atoms with van der Waals surface area (Å²) in [5.74, 6) is 1.24. The SMILES string of the molecule is CCN(Cc1ccccc1)C(=O)c1cccc(OCc2nnnn2CC)c1. The topological polar surface area (TPSA) is 73.1 Å². The van der Waals surface area contributed by atoms with Gasteiger partial charge in [0.15, 0.2) is 5.82 Å². The van der Waals surface area contributed by atoms with Crippen molar-refractivity contribution < 1.29 is 9.53 Å². The van der Waals surface area contributed by atoms with Crippen molar-refractivity contribution in [2.24, 2.45) is 0 Å². The van der Waals surface area contributed by atoms with Crippen molar-refractivity contribution in [3.05, 3.63) is 71.5 Å². The first-order valence-electron chi connectivity index (χ1n) is 9.02. The fourth-order valence-electron chi connectivity index (χ4n) is 2.75. The highest BCUT2D eigenvalue weighted by Gasteiger charge is 2.15. The quantitative estimate of drug-likeness (QED) is 0.614. The van der Waals surface area contributed by atoms with Crippen molar-refractivity contribution in [2.45, 2.75) is 33.5 Å². The molecule has 0 saturated heterocycles. The number of amides is 1. The van der Waals surface area contributed by atoms with Crippen LogP contribution in [0.3, 0.4) is 0 Å². The Morgan fingerprint density at radius 1 is 1.11 bits per heavy atom.